The second-order valence-electron chi connectivity index (χ2n) is 5.05. The lowest BCUT2D eigenvalue weighted by Gasteiger charge is -2.18. The molecule has 1 amide bonds. The van der Waals surface area contributed by atoms with Gasteiger partial charge >= 0.3 is 0 Å². The van der Waals surface area contributed by atoms with Gasteiger partial charge in [-0.2, -0.15) is 0 Å². The van der Waals surface area contributed by atoms with Crippen LogP contribution < -0.4 is 10.2 Å². The molecule has 0 bridgehead atoms. The monoisotopic (exact) mass is 332 g/mol. The van der Waals surface area contributed by atoms with Gasteiger partial charge in [-0.05, 0) is 44.0 Å². The Bertz CT molecular complexity index is 659. The topological polar surface area (TPSA) is 58.1 Å². The summed E-state index contributed by atoms with van der Waals surface area (Å²) in [6, 6.07) is 9.25. The van der Waals surface area contributed by atoms with Gasteiger partial charge in [0.1, 0.15) is 5.69 Å². The lowest BCUT2D eigenvalue weighted by atomic mass is 10.1. The Balaban J connectivity index is 1.94. The van der Waals surface area contributed by atoms with Crippen molar-refractivity contribution in [3.63, 3.8) is 0 Å². The summed E-state index contributed by atoms with van der Waals surface area (Å²) in [5.41, 5.74) is 1.47. The maximum Gasteiger partial charge on any atom is 0.270 e. The summed E-state index contributed by atoms with van der Waals surface area (Å²) in [4.78, 5) is 22.8. The average Bonchev–Trinajstić information content (AvgIpc) is 2.56. The number of halogens is 1. The second-order valence-corrected chi connectivity index (χ2v) is 5.49. The smallest absolute Gasteiger partial charge is 0.270 e. The van der Waals surface area contributed by atoms with Crippen LogP contribution in [0.4, 0.5) is 5.95 Å². The van der Waals surface area contributed by atoms with Crippen molar-refractivity contribution in [1.82, 2.24) is 15.3 Å². The molecule has 2 aromatic rings. The number of amides is 1. The standard InChI is InChI=1S/C17H21ClN4O/c1-3-22(4-2)17-20-11-9-15(21-17)16(23)19-10-8-13-6-5-7-14(18)12-13/h5-7,9,11-12H,3-4,8,10H2,1-2H3,(H,19,23). The van der Waals surface area contributed by atoms with E-state index in [0.29, 0.717) is 23.2 Å². The molecule has 0 aliphatic heterocycles. The zero-order valence-corrected chi connectivity index (χ0v) is 14.2. The first kappa shape index (κ1) is 17.2. The summed E-state index contributed by atoms with van der Waals surface area (Å²) in [6.45, 7) is 6.20. The van der Waals surface area contributed by atoms with Gasteiger partial charge in [0.15, 0.2) is 0 Å². The molecular weight excluding hydrogens is 312 g/mol. The fraction of sp³-hybridized carbons (Fsp3) is 0.353. The van der Waals surface area contributed by atoms with Crippen molar-refractivity contribution in [3.8, 4) is 0 Å². The van der Waals surface area contributed by atoms with Gasteiger partial charge in [-0.1, -0.05) is 23.7 Å². The summed E-state index contributed by atoms with van der Waals surface area (Å²) in [7, 11) is 0. The number of anilines is 1. The molecule has 0 unspecified atom stereocenters. The number of rotatable bonds is 7. The number of nitrogens with zero attached hydrogens (tertiary/aromatic N) is 3. The molecule has 1 N–H and O–H groups in total. The number of aromatic nitrogens is 2. The van der Waals surface area contributed by atoms with Crippen LogP contribution in [0.1, 0.15) is 29.9 Å². The number of carbonyl (C=O) groups excluding carboxylic acids is 1. The van der Waals surface area contributed by atoms with Crippen LogP contribution in [0.25, 0.3) is 0 Å². The molecule has 0 aliphatic rings. The lowest BCUT2D eigenvalue weighted by Crippen LogP contribution is -2.29. The van der Waals surface area contributed by atoms with E-state index in [1.54, 1.807) is 12.3 Å². The van der Waals surface area contributed by atoms with Crippen LogP contribution in [0.5, 0.6) is 0 Å². The van der Waals surface area contributed by atoms with Gasteiger partial charge in [0, 0.05) is 30.9 Å². The van der Waals surface area contributed by atoms with Crippen LogP contribution in [-0.2, 0) is 6.42 Å². The molecule has 1 aromatic carbocycles. The molecule has 1 aromatic heterocycles. The Kier molecular flexibility index (Phi) is 6.35. The molecule has 23 heavy (non-hydrogen) atoms. The van der Waals surface area contributed by atoms with Crippen LogP contribution >= 0.6 is 11.6 Å². The Morgan fingerprint density at radius 1 is 1.26 bits per heavy atom. The molecule has 0 spiro atoms. The molecule has 0 aliphatic carbocycles. The van der Waals surface area contributed by atoms with Crippen molar-refractivity contribution < 1.29 is 4.79 Å². The van der Waals surface area contributed by atoms with Crippen molar-refractivity contribution in [2.75, 3.05) is 24.5 Å². The first-order valence-corrected chi connectivity index (χ1v) is 8.12. The van der Waals surface area contributed by atoms with Crippen LogP contribution in [0.2, 0.25) is 5.02 Å². The van der Waals surface area contributed by atoms with Crippen molar-refractivity contribution in [2.45, 2.75) is 20.3 Å². The van der Waals surface area contributed by atoms with E-state index in [1.165, 1.54) is 0 Å². The molecule has 122 valence electrons. The number of hydrogen-bond acceptors (Lipinski definition) is 4. The van der Waals surface area contributed by atoms with Crippen LogP contribution in [-0.4, -0.2) is 35.5 Å². The molecule has 0 atom stereocenters. The molecule has 2 rings (SSSR count). The van der Waals surface area contributed by atoms with Crippen molar-refractivity contribution in [1.29, 1.82) is 0 Å². The van der Waals surface area contributed by atoms with E-state index < -0.39 is 0 Å². The lowest BCUT2D eigenvalue weighted by molar-refractivity contribution is 0.0949. The first-order valence-electron chi connectivity index (χ1n) is 7.74. The largest absolute Gasteiger partial charge is 0.350 e. The number of hydrogen-bond donors (Lipinski definition) is 1. The SMILES string of the molecule is CCN(CC)c1nccc(C(=O)NCCc2cccc(Cl)c2)n1. The highest BCUT2D eigenvalue weighted by Gasteiger charge is 2.11. The van der Waals surface area contributed by atoms with Crippen LogP contribution in [0.15, 0.2) is 36.5 Å². The third kappa shape index (κ3) is 4.93. The second kappa shape index (κ2) is 8.48. The van der Waals surface area contributed by atoms with Gasteiger partial charge in [-0.3, -0.25) is 4.79 Å². The van der Waals surface area contributed by atoms with Gasteiger partial charge < -0.3 is 10.2 Å². The zero-order valence-electron chi connectivity index (χ0n) is 13.4. The summed E-state index contributed by atoms with van der Waals surface area (Å²) in [5.74, 6) is 0.389. The van der Waals surface area contributed by atoms with E-state index in [0.717, 1.165) is 25.1 Å². The summed E-state index contributed by atoms with van der Waals surface area (Å²) in [6.07, 6.45) is 2.34. The predicted molar refractivity (Wildman–Crippen MR) is 93.1 cm³/mol. The fourth-order valence-corrected chi connectivity index (χ4v) is 2.45. The molecular formula is C17H21ClN4O. The molecule has 0 saturated heterocycles. The third-order valence-corrected chi connectivity index (χ3v) is 3.75. The maximum atomic E-state index is 12.2. The average molecular weight is 333 g/mol. The molecule has 5 nitrogen and oxygen atoms in total. The molecule has 0 saturated carbocycles. The van der Waals surface area contributed by atoms with E-state index in [1.807, 2.05) is 43.0 Å². The van der Waals surface area contributed by atoms with Crippen molar-refractivity contribution in [3.05, 3.63) is 52.8 Å². The van der Waals surface area contributed by atoms with E-state index in [9.17, 15) is 4.79 Å². The maximum absolute atomic E-state index is 12.2. The van der Waals surface area contributed by atoms with Crippen molar-refractivity contribution >= 4 is 23.5 Å². The van der Waals surface area contributed by atoms with Gasteiger partial charge in [-0.25, -0.2) is 9.97 Å². The minimum atomic E-state index is -0.192. The van der Waals surface area contributed by atoms with Gasteiger partial charge in [-0.15, -0.1) is 0 Å². The third-order valence-electron chi connectivity index (χ3n) is 3.51. The van der Waals surface area contributed by atoms with Gasteiger partial charge in [0.05, 0.1) is 0 Å². The predicted octanol–water partition coefficient (Wildman–Crippen LogP) is 2.95. The highest BCUT2D eigenvalue weighted by molar-refractivity contribution is 6.30. The van der Waals surface area contributed by atoms with Crippen LogP contribution in [0, 0.1) is 0 Å². The molecule has 0 radical (unpaired) electrons. The van der Waals surface area contributed by atoms with Gasteiger partial charge in [0.2, 0.25) is 5.95 Å². The number of nitrogens with one attached hydrogen (secondary N) is 1. The zero-order chi connectivity index (χ0) is 16.7. The van der Waals surface area contributed by atoms with Crippen molar-refractivity contribution in [2.24, 2.45) is 0 Å². The highest BCUT2D eigenvalue weighted by Crippen LogP contribution is 2.11. The summed E-state index contributed by atoms with van der Waals surface area (Å²) in [5, 5.41) is 3.58. The van der Waals surface area contributed by atoms with Crippen LogP contribution in [0.3, 0.4) is 0 Å². The highest BCUT2D eigenvalue weighted by atomic mass is 35.5. The molecule has 0 fully saturated rings. The first-order chi connectivity index (χ1) is 11.1. The fourth-order valence-electron chi connectivity index (χ4n) is 2.24. The molecule has 1 heterocycles. The Hall–Kier alpha value is -2.14. The van der Waals surface area contributed by atoms with E-state index >= 15 is 0 Å². The summed E-state index contributed by atoms with van der Waals surface area (Å²) < 4.78 is 0. The number of carbonyl (C=O) groups is 1. The number of benzene rings is 1. The Labute approximate surface area is 141 Å². The van der Waals surface area contributed by atoms with E-state index in [4.69, 9.17) is 11.6 Å². The molecule has 6 heteroatoms. The van der Waals surface area contributed by atoms with E-state index in [2.05, 4.69) is 15.3 Å². The van der Waals surface area contributed by atoms with Gasteiger partial charge in [0.25, 0.3) is 5.91 Å². The van der Waals surface area contributed by atoms with E-state index in [-0.39, 0.29) is 5.91 Å². The minimum Gasteiger partial charge on any atom is -0.350 e. The summed E-state index contributed by atoms with van der Waals surface area (Å²) >= 11 is 5.95. The normalized spacial score (nSPS) is 10.4. The Morgan fingerprint density at radius 2 is 2.04 bits per heavy atom. The minimum absolute atomic E-state index is 0.192. The Morgan fingerprint density at radius 3 is 2.74 bits per heavy atom. The quantitative estimate of drug-likeness (QED) is 0.847.